The van der Waals surface area contributed by atoms with Gasteiger partial charge < -0.3 is 9.15 Å². The van der Waals surface area contributed by atoms with Crippen LogP contribution in [0.4, 0.5) is 0 Å². The average molecular weight is 558 g/mol. The number of sulfonamides is 1. The van der Waals surface area contributed by atoms with Crippen LogP contribution in [0.2, 0.25) is 10.0 Å². The number of fused-ring (bicyclic) bond motifs is 1. The molecule has 0 saturated carbocycles. The molecule has 0 unspecified atom stereocenters. The molecule has 0 aliphatic carbocycles. The lowest BCUT2D eigenvalue weighted by Crippen LogP contribution is -2.30. The summed E-state index contributed by atoms with van der Waals surface area (Å²) in [5.41, 5.74) is 1.46. The summed E-state index contributed by atoms with van der Waals surface area (Å²) in [6.45, 7) is 4.42. The molecule has 4 rings (SSSR count). The minimum absolute atomic E-state index is 0.102. The lowest BCUT2D eigenvalue weighted by molar-refractivity contribution is 0.0956. The molecule has 0 aliphatic heterocycles. The third-order valence-electron chi connectivity index (χ3n) is 5.46. The molecule has 1 amide bonds. The fourth-order valence-corrected chi connectivity index (χ4v) is 5.27. The number of halogens is 2. The third kappa shape index (κ3) is 6.95. The molecule has 1 aromatic heterocycles. The van der Waals surface area contributed by atoms with E-state index in [0.29, 0.717) is 28.4 Å². The van der Waals surface area contributed by atoms with Crippen LogP contribution in [-0.4, -0.2) is 14.3 Å². The lowest BCUT2D eigenvalue weighted by atomic mass is 10.1. The number of rotatable bonds is 9. The fourth-order valence-electron chi connectivity index (χ4n) is 3.54. The minimum atomic E-state index is -4.24. The van der Waals surface area contributed by atoms with Gasteiger partial charge in [0.2, 0.25) is 0 Å². The van der Waals surface area contributed by atoms with Gasteiger partial charge in [0.1, 0.15) is 22.0 Å². The number of benzene rings is 3. The van der Waals surface area contributed by atoms with E-state index in [1.54, 1.807) is 18.2 Å². The summed E-state index contributed by atoms with van der Waals surface area (Å²) in [5, 5.41) is 0.783. The Kier molecular flexibility index (Phi) is 8.27. The Bertz CT molecular complexity index is 1560. The molecular weight excluding hydrogens is 533 g/mol. The number of hydrogen-bond acceptors (Lipinski definition) is 5. The van der Waals surface area contributed by atoms with Gasteiger partial charge in [0.25, 0.3) is 10.0 Å². The molecule has 4 aromatic rings. The normalized spacial score (nSPS) is 11.9. The van der Waals surface area contributed by atoms with Gasteiger partial charge in [0.15, 0.2) is 5.76 Å². The molecule has 3 aromatic carbocycles. The molecule has 0 saturated heterocycles. The maximum atomic E-state index is 12.6. The van der Waals surface area contributed by atoms with E-state index in [-0.39, 0.29) is 20.7 Å². The van der Waals surface area contributed by atoms with Crippen LogP contribution in [0.3, 0.4) is 0 Å². The maximum Gasteiger partial charge on any atom is 0.300 e. The van der Waals surface area contributed by atoms with Gasteiger partial charge in [-0.3, -0.25) is 4.79 Å². The Labute approximate surface area is 225 Å². The van der Waals surface area contributed by atoms with E-state index in [0.717, 1.165) is 18.4 Å². The van der Waals surface area contributed by atoms with Crippen molar-refractivity contribution in [2.24, 2.45) is 5.92 Å². The number of ether oxygens (including phenoxy) is 1. The second kappa shape index (κ2) is 11.4. The van der Waals surface area contributed by atoms with Gasteiger partial charge in [0, 0.05) is 16.5 Å². The topological polar surface area (TPSA) is 85.6 Å². The SMILES string of the molecule is CC(C)CC/C=C/c1ccc(Oc2ccc3cc(C(=O)NS(=O)(=O)c4ccc(Cl)cc4Cl)oc3c2)cc1. The molecule has 0 radical (unpaired) electrons. The van der Waals surface area contributed by atoms with Gasteiger partial charge in [-0.15, -0.1) is 0 Å². The van der Waals surface area contributed by atoms with Crippen molar-refractivity contribution in [1.29, 1.82) is 0 Å². The standard InChI is InChI=1S/C28H25Cl2NO5S/c1-18(2)5-3-4-6-19-7-11-22(12-8-19)35-23-13-9-20-15-26(36-25(20)17-23)28(32)31-37(33,34)27-14-10-21(29)16-24(27)30/h4,6-18H,3,5H2,1-2H3,(H,31,32)/b6-4+. The smallest absolute Gasteiger partial charge is 0.300 e. The second-order valence-corrected chi connectivity index (χ2v) is 11.4. The van der Waals surface area contributed by atoms with Crippen molar-refractivity contribution in [2.45, 2.75) is 31.6 Å². The quantitative estimate of drug-likeness (QED) is 0.224. The van der Waals surface area contributed by atoms with Crippen molar-refractivity contribution < 1.29 is 22.4 Å². The Hall–Kier alpha value is -3.26. The first kappa shape index (κ1) is 26.8. The molecule has 0 atom stereocenters. The summed E-state index contributed by atoms with van der Waals surface area (Å²) >= 11 is 11.8. The Balaban J connectivity index is 1.44. The van der Waals surface area contributed by atoms with Crippen molar-refractivity contribution in [3.05, 3.63) is 94.2 Å². The molecule has 0 aliphatic rings. The van der Waals surface area contributed by atoms with Crippen LogP contribution in [0.1, 0.15) is 42.8 Å². The van der Waals surface area contributed by atoms with Crippen LogP contribution < -0.4 is 9.46 Å². The van der Waals surface area contributed by atoms with Crippen LogP contribution >= 0.6 is 23.2 Å². The summed E-state index contributed by atoms with van der Waals surface area (Å²) in [6.07, 6.45) is 6.46. The largest absolute Gasteiger partial charge is 0.457 e. The van der Waals surface area contributed by atoms with Crippen molar-refractivity contribution >= 4 is 56.2 Å². The van der Waals surface area contributed by atoms with Crippen molar-refractivity contribution in [3.63, 3.8) is 0 Å². The summed E-state index contributed by atoms with van der Waals surface area (Å²) < 4.78 is 38.7. The molecule has 0 bridgehead atoms. The van der Waals surface area contributed by atoms with Gasteiger partial charge in [-0.1, -0.05) is 61.3 Å². The van der Waals surface area contributed by atoms with Crippen LogP contribution in [0.15, 0.2) is 82.1 Å². The zero-order valence-corrected chi connectivity index (χ0v) is 22.5. The van der Waals surface area contributed by atoms with E-state index in [9.17, 15) is 13.2 Å². The number of furan rings is 1. The first-order chi connectivity index (χ1) is 17.6. The molecule has 37 heavy (non-hydrogen) atoms. The van der Waals surface area contributed by atoms with E-state index in [4.69, 9.17) is 32.4 Å². The molecule has 1 N–H and O–H groups in total. The number of amides is 1. The highest BCUT2D eigenvalue weighted by Crippen LogP contribution is 2.29. The van der Waals surface area contributed by atoms with E-state index < -0.39 is 15.9 Å². The molecule has 0 spiro atoms. The highest BCUT2D eigenvalue weighted by molar-refractivity contribution is 7.90. The average Bonchev–Trinajstić information content (AvgIpc) is 3.26. The third-order valence-corrected chi connectivity index (χ3v) is 7.51. The summed E-state index contributed by atoms with van der Waals surface area (Å²) in [4.78, 5) is 12.4. The van der Waals surface area contributed by atoms with Gasteiger partial charge in [-0.25, -0.2) is 13.1 Å². The monoisotopic (exact) mass is 557 g/mol. The highest BCUT2D eigenvalue weighted by atomic mass is 35.5. The molecule has 1 heterocycles. The first-order valence-corrected chi connectivity index (χ1v) is 13.8. The molecule has 0 fully saturated rings. The maximum absolute atomic E-state index is 12.6. The van der Waals surface area contributed by atoms with Crippen LogP contribution in [-0.2, 0) is 10.0 Å². The summed E-state index contributed by atoms with van der Waals surface area (Å²) in [5.74, 6) is 0.735. The second-order valence-electron chi connectivity index (χ2n) is 8.86. The van der Waals surface area contributed by atoms with Crippen LogP contribution in [0.5, 0.6) is 11.5 Å². The van der Waals surface area contributed by atoms with E-state index in [1.807, 2.05) is 29.0 Å². The fraction of sp³-hybridized carbons (Fsp3) is 0.179. The Morgan fingerprint density at radius 2 is 1.73 bits per heavy atom. The predicted molar refractivity (Wildman–Crippen MR) is 147 cm³/mol. The lowest BCUT2D eigenvalue weighted by Gasteiger charge is -2.07. The number of carbonyl (C=O) groups excluding carboxylic acids is 1. The summed E-state index contributed by atoms with van der Waals surface area (Å²) in [7, 11) is -4.24. The van der Waals surface area contributed by atoms with Gasteiger partial charge in [0.05, 0.1) is 5.02 Å². The van der Waals surface area contributed by atoms with E-state index >= 15 is 0 Å². The molecule has 9 heteroatoms. The number of hydrogen-bond donors (Lipinski definition) is 1. The zero-order chi connectivity index (χ0) is 26.6. The molecular formula is C28H25Cl2NO5S. The predicted octanol–water partition coefficient (Wildman–Crippen LogP) is 8.10. The number of nitrogens with one attached hydrogen (secondary N) is 1. The van der Waals surface area contributed by atoms with Crippen LogP contribution in [0.25, 0.3) is 17.0 Å². The minimum Gasteiger partial charge on any atom is -0.457 e. The molecule has 6 nitrogen and oxygen atoms in total. The summed E-state index contributed by atoms with van der Waals surface area (Å²) in [6, 6.07) is 18.1. The first-order valence-electron chi connectivity index (χ1n) is 11.6. The van der Waals surface area contributed by atoms with Gasteiger partial charge in [-0.2, -0.15) is 0 Å². The molecule has 192 valence electrons. The Morgan fingerprint density at radius 3 is 2.43 bits per heavy atom. The highest BCUT2D eigenvalue weighted by Gasteiger charge is 2.24. The van der Waals surface area contributed by atoms with Gasteiger partial charge in [-0.05, 0) is 72.9 Å². The van der Waals surface area contributed by atoms with Crippen LogP contribution in [0, 0.1) is 5.92 Å². The van der Waals surface area contributed by atoms with Crippen molar-refractivity contribution in [1.82, 2.24) is 4.72 Å². The zero-order valence-electron chi connectivity index (χ0n) is 20.2. The van der Waals surface area contributed by atoms with E-state index in [2.05, 4.69) is 26.0 Å². The van der Waals surface area contributed by atoms with E-state index in [1.165, 1.54) is 24.3 Å². The Morgan fingerprint density at radius 1 is 1.00 bits per heavy atom. The van der Waals surface area contributed by atoms with Gasteiger partial charge >= 0.3 is 5.91 Å². The number of allylic oxidation sites excluding steroid dienone is 1. The van der Waals surface area contributed by atoms with Crippen molar-refractivity contribution in [2.75, 3.05) is 0 Å². The number of carbonyl (C=O) groups is 1. The van der Waals surface area contributed by atoms with Crippen molar-refractivity contribution in [3.8, 4) is 11.5 Å².